The molecule has 0 aromatic heterocycles. The second kappa shape index (κ2) is 7.39. The molecule has 136 valence electrons. The molecule has 3 aromatic carbocycles. The number of hydrogen-bond donors (Lipinski definition) is 1. The Hall–Kier alpha value is -2.27. The van der Waals surface area contributed by atoms with E-state index < -0.39 is 5.60 Å². The van der Waals surface area contributed by atoms with Gasteiger partial charge in [0.2, 0.25) is 0 Å². The van der Waals surface area contributed by atoms with Crippen molar-refractivity contribution in [3.05, 3.63) is 70.7 Å². The second-order valence-electron chi connectivity index (χ2n) is 7.60. The maximum absolute atomic E-state index is 10.7. The van der Waals surface area contributed by atoms with E-state index in [1.54, 1.807) is 0 Å². The van der Waals surface area contributed by atoms with Crippen LogP contribution in [0, 0.1) is 18.8 Å². The number of benzene rings is 3. The lowest BCUT2D eigenvalue weighted by molar-refractivity contribution is 0.0610. The average Bonchev–Trinajstić information content (AvgIpc) is 2.67. The van der Waals surface area contributed by atoms with Gasteiger partial charge in [-0.1, -0.05) is 60.2 Å². The van der Waals surface area contributed by atoms with Gasteiger partial charge in [0, 0.05) is 10.6 Å². The van der Waals surface area contributed by atoms with Gasteiger partial charge in [0.05, 0.1) is 0 Å². The van der Waals surface area contributed by atoms with E-state index in [0.29, 0.717) is 0 Å². The van der Waals surface area contributed by atoms with Gasteiger partial charge in [0.25, 0.3) is 0 Å². The third-order valence-electron chi connectivity index (χ3n) is 5.37. The topological polar surface area (TPSA) is 20.2 Å². The summed E-state index contributed by atoms with van der Waals surface area (Å²) >= 11 is 6.06. The van der Waals surface area contributed by atoms with Crippen molar-refractivity contribution in [3.8, 4) is 23.0 Å². The standard InChI is InChI=1S/C25H23ClO/c1-18-15-21-6-5-19(11-14-25(27)12-3-2-4-13-25)17-24(21)23(16-18)20-7-9-22(26)10-8-20/h5-10,15-17,27H,2-4,12-13H2,1H3. The van der Waals surface area contributed by atoms with Crippen LogP contribution in [-0.2, 0) is 0 Å². The number of halogens is 1. The number of hydrogen-bond acceptors (Lipinski definition) is 1. The van der Waals surface area contributed by atoms with Crippen molar-refractivity contribution in [1.82, 2.24) is 0 Å². The molecule has 1 aliphatic carbocycles. The highest BCUT2D eigenvalue weighted by Gasteiger charge is 2.26. The molecule has 0 amide bonds. The normalized spacial score (nSPS) is 16.0. The minimum Gasteiger partial charge on any atom is -0.378 e. The van der Waals surface area contributed by atoms with Gasteiger partial charge in [-0.25, -0.2) is 0 Å². The van der Waals surface area contributed by atoms with E-state index in [1.165, 1.54) is 28.3 Å². The molecule has 0 radical (unpaired) electrons. The van der Waals surface area contributed by atoms with E-state index in [1.807, 2.05) is 18.2 Å². The van der Waals surface area contributed by atoms with Crippen LogP contribution in [0.1, 0.15) is 43.2 Å². The van der Waals surface area contributed by atoms with Gasteiger partial charge in [-0.15, -0.1) is 0 Å². The molecule has 3 aromatic rings. The molecule has 0 saturated heterocycles. The van der Waals surface area contributed by atoms with Gasteiger partial charge in [0.15, 0.2) is 0 Å². The molecule has 0 spiro atoms. The molecule has 2 heteroatoms. The minimum atomic E-state index is -0.820. The quantitative estimate of drug-likeness (QED) is 0.481. The van der Waals surface area contributed by atoms with Crippen molar-refractivity contribution in [2.24, 2.45) is 0 Å². The van der Waals surface area contributed by atoms with Crippen LogP contribution >= 0.6 is 11.6 Å². The van der Waals surface area contributed by atoms with Crippen LogP contribution in [0.3, 0.4) is 0 Å². The second-order valence-corrected chi connectivity index (χ2v) is 8.03. The van der Waals surface area contributed by atoms with Crippen molar-refractivity contribution < 1.29 is 5.11 Å². The van der Waals surface area contributed by atoms with Crippen LogP contribution in [0.5, 0.6) is 0 Å². The Morgan fingerprint density at radius 2 is 1.67 bits per heavy atom. The fourth-order valence-corrected chi connectivity index (χ4v) is 4.03. The van der Waals surface area contributed by atoms with Gasteiger partial charge in [-0.05, 0) is 84.3 Å². The first kappa shape index (κ1) is 18.1. The minimum absolute atomic E-state index is 0.739. The highest BCUT2D eigenvalue weighted by atomic mass is 35.5. The van der Waals surface area contributed by atoms with E-state index >= 15 is 0 Å². The fraction of sp³-hybridized carbons (Fsp3) is 0.280. The SMILES string of the molecule is Cc1cc(-c2ccc(Cl)cc2)c2cc(C#CC3(O)CCCCC3)ccc2c1. The van der Waals surface area contributed by atoms with Gasteiger partial charge in [-0.3, -0.25) is 0 Å². The van der Waals surface area contributed by atoms with Crippen LogP contribution in [-0.4, -0.2) is 10.7 Å². The maximum atomic E-state index is 10.7. The molecule has 1 fully saturated rings. The van der Waals surface area contributed by atoms with E-state index in [9.17, 15) is 5.11 Å². The summed E-state index contributed by atoms with van der Waals surface area (Å²) in [6.07, 6.45) is 4.88. The Labute approximate surface area is 166 Å². The highest BCUT2D eigenvalue weighted by Crippen LogP contribution is 2.32. The first-order chi connectivity index (χ1) is 13.0. The Bertz CT molecular complexity index is 1030. The van der Waals surface area contributed by atoms with Gasteiger partial charge in [-0.2, -0.15) is 0 Å². The van der Waals surface area contributed by atoms with E-state index in [-0.39, 0.29) is 0 Å². The summed E-state index contributed by atoms with van der Waals surface area (Å²) in [6, 6.07) is 18.7. The van der Waals surface area contributed by atoms with Gasteiger partial charge < -0.3 is 5.11 Å². The van der Waals surface area contributed by atoms with Crippen LogP contribution in [0.4, 0.5) is 0 Å². The van der Waals surface area contributed by atoms with Crippen LogP contribution in [0.25, 0.3) is 21.9 Å². The van der Waals surface area contributed by atoms with E-state index in [2.05, 4.69) is 55.2 Å². The van der Waals surface area contributed by atoms with Crippen LogP contribution in [0.15, 0.2) is 54.6 Å². The summed E-state index contributed by atoms with van der Waals surface area (Å²) in [7, 11) is 0. The molecule has 0 atom stereocenters. The van der Waals surface area contributed by atoms with Crippen molar-refractivity contribution in [3.63, 3.8) is 0 Å². The number of aliphatic hydroxyl groups is 1. The first-order valence-electron chi connectivity index (χ1n) is 9.58. The summed E-state index contributed by atoms with van der Waals surface area (Å²) in [5.41, 5.74) is 3.67. The third-order valence-corrected chi connectivity index (χ3v) is 5.63. The zero-order valence-electron chi connectivity index (χ0n) is 15.6. The predicted molar refractivity (Wildman–Crippen MR) is 114 cm³/mol. The van der Waals surface area contributed by atoms with Crippen molar-refractivity contribution in [2.75, 3.05) is 0 Å². The zero-order chi connectivity index (χ0) is 18.9. The number of aryl methyl sites for hydroxylation is 1. The maximum Gasteiger partial charge on any atom is 0.125 e. The molecule has 0 heterocycles. The lowest BCUT2D eigenvalue weighted by atomic mass is 9.85. The number of rotatable bonds is 1. The fourth-order valence-electron chi connectivity index (χ4n) is 3.90. The molecule has 0 unspecified atom stereocenters. The highest BCUT2D eigenvalue weighted by molar-refractivity contribution is 6.30. The third kappa shape index (κ3) is 4.03. The molecule has 1 nitrogen and oxygen atoms in total. The van der Waals surface area contributed by atoms with Crippen molar-refractivity contribution in [1.29, 1.82) is 0 Å². The summed E-state index contributed by atoms with van der Waals surface area (Å²) in [5, 5.41) is 13.8. The van der Waals surface area contributed by atoms with Crippen molar-refractivity contribution >= 4 is 22.4 Å². The summed E-state index contributed by atoms with van der Waals surface area (Å²) < 4.78 is 0. The smallest absolute Gasteiger partial charge is 0.125 e. The Morgan fingerprint density at radius 3 is 2.41 bits per heavy atom. The van der Waals surface area contributed by atoms with E-state index in [4.69, 9.17) is 11.6 Å². The molecule has 4 rings (SSSR count). The molecule has 0 bridgehead atoms. The largest absolute Gasteiger partial charge is 0.378 e. The molecule has 0 aliphatic heterocycles. The molecule has 27 heavy (non-hydrogen) atoms. The number of fused-ring (bicyclic) bond motifs is 1. The molecular formula is C25H23ClO. The molecular weight excluding hydrogens is 352 g/mol. The Kier molecular flexibility index (Phi) is 4.96. The van der Waals surface area contributed by atoms with Crippen LogP contribution in [0.2, 0.25) is 5.02 Å². The Balaban J connectivity index is 1.78. The lowest BCUT2D eigenvalue weighted by Gasteiger charge is -2.26. The lowest BCUT2D eigenvalue weighted by Crippen LogP contribution is -2.29. The first-order valence-corrected chi connectivity index (χ1v) is 9.96. The molecule has 1 aliphatic rings. The molecule has 1 saturated carbocycles. The van der Waals surface area contributed by atoms with Gasteiger partial charge >= 0.3 is 0 Å². The summed E-state index contributed by atoms with van der Waals surface area (Å²) in [5.74, 6) is 6.37. The Morgan fingerprint density at radius 1 is 0.926 bits per heavy atom. The summed E-state index contributed by atoms with van der Waals surface area (Å²) in [4.78, 5) is 0. The van der Waals surface area contributed by atoms with Crippen molar-refractivity contribution in [2.45, 2.75) is 44.6 Å². The van der Waals surface area contributed by atoms with Gasteiger partial charge in [0.1, 0.15) is 5.60 Å². The molecule has 1 N–H and O–H groups in total. The van der Waals surface area contributed by atoms with Crippen LogP contribution < -0.4 is 0 Å². The summed E-state index contributed by atoms with van der Waals surface area (Å²) in [6.45, 7) is 2.12. The average molecular weight is 375 g/mol. The predicted octanol–water partition coefficient (Wildman–Crippen LogP) is 6.52. The zero-order valence-corrected chi connectivity index (χ0v) is 16.3. The van der Waals surface area contributed by atoms with E-state index in [0.717, 1.165) is 41.8 Å². The monoisotopic (exact) mass is 374 g/mol.